The number of para-hydroxylation sites is 1. The van der Waals surface area contributed by atoms with E-state index >= 15 is 0 Å². The van der Waals surface area contributed by atoms with Gasteiger partial charge in [0.05, 0.1) is 19.2 Å². The van der Waals surface area contributed by atoms with Crippen molar-refractivity contribution in [3.05, 3.63) is 53.6 Å². The molecule has 0 saturated heterocycles. The maximum absolute atomic E-state index is 6.08. The Morgan fingerprint density at radius 1 is 1.10 bits per heavy atom. The summed E-state index contributed by atoms with van der Waals surface area (Å²) in [6.45, 7) is 2.86. The standard InChI is InChI=1S/C17H19N3O/c1-3-12-7-9-13(10-8-12)11-20-14-5-4-6-15(21-2)16(14)19-17(20)18/h4-10H,3,11H2,1-2H3,(H2,18,19). The highest BCUT2D eigenvalue weighted by atomic mass is 16.5. The van der Waals surface area contributed by atoms with Gasteiger partial charge in [-0.1, -0.05) is 37.3 Å². The predicted molar refractivity (Wildman–Crippen MR) is 85.6 cm³/mol. The minimum Gasteiger partial charge on any atom is -0.494 e. The van der Waals surface area contributed by atoms with E-state index in [1.807, 2.05) is 22.8 Å². The van der Waals surface area contributed by atoms with Gasteiger partial charge in [-0.25, -0.2) is 4.98 Å². The number of rotatable bonds is 4. The Labute approximate surface area is 124 Å². The fourth-order valence-electron chi connectivity index (χ4n) is 2.53. The van der Waals surface area contributed by atoms with E-state index in [9.17, 15) is 0 Å². The molecule has 0 unspecified atom stereocenters. The van der Waals surface area contributed by atoms with E-state index in [0.29, 0.717) is 12.5 Å². The summed E-state index contributed by atoms with van der Waals surface area (Å²) < 4.78 is 7.36. The minimum absolute atomic E-state index is 0.508. The first kappa shape index (κ1) is 13.5. The molecule has 4 heteroatoms. The Hall–Kier alpha value is -2.49. The lowest BCUT2D eigenvalue weighted by Gasteiger charge is -2.08. The van der Waals surface area contributed by atoms with Crippen LogP contribution in [-0.2, 0) is 13.0 Å². The Balaban J connectivity index is 2.01. The molecule has 2 aromatic carbocycles. The molecule has 0 amide bonds. The lowest BCUT2D eigenvalue weighted by molar-refractivity contribution is 0.419. The first-order chi connectivity index (χ1) is 10.2. The number of nitrogens with two attached hydrogens (primary N) is 1. The average Bonchev–Trinajstić information content (AvgIpc) is 2.84. The van der Waals surface area contributed by atoms with Crippen LogP contribution in [0.25, 0.3) is 11.0 Å². The third-order valence-electron chi connectivity index (χ3n) is 3.76. The monoisotopic (exact) mass is 281 g/mol. The molecule has 1 aromatic heterocycles. The van der Waals surface area contributed by atoms with E-state index in [4.69, 9.17) is 10.5 Å². The fourth-order valence-corrected chi connectivity index (χ4v) is 2.53. The third-order valence-corrected chi connectivity index (χ3v) is 3.76. The molecule has 0 saturated carbocycles. The summed E-state index contributed by atoms with van der Waals surface area (Å²) in [5.41, 5.74) is 10.4. The van der Waals surface area contributed by atoms with Gasteiger partial charge >= 0.3 is 0 Å². The number of aromatic nitrogens is 2. The number of imidazole rings is 1. The predicted octanol–water partition coefficient (Wildman–Crippen LogP) is 3.24. The van der Waals surface area contributed by atoms with Gasteiger partial charge in [0.2, 0.25) is 5.95 Å². The number of hydrogen-bond acceptors (Lipinski definition) is 3. The van der Waals surface area contributed by atoms with E-state index in [-0.39, 0.29) is 0 Å². The van der Waals surface area contributed by atoms with Gasteiger partial charge in [-0.3, -0.25) is 0 Å². The zero-order valence-corrected chi connectivity index (χ0v) is 12.3. The molecule has 3 rings (SSSR count). The molecule has 0 radical (unpaired) electrons. The second-order valence-corrected chi connectivity index (χ2v) is 5.05. The Morgan fingerprint density at radius 3 is 2.48 bits per heavy atom. The van der Waals surface area contributed by atoms with E-state index in [1.54, 1.807) is 7.11 Å². The van der Waals surface area contributed by atoms with E-state index in [0.717, 1.165) is 23.2 Å². The van der Waals surface area contributed by atoms with Gasteiger partial charge in [0, 0.05) is 0 Å². The van der Waals surface area contributed by atoms with Gasteiger partial charge in [-0.2, -0.15) is 0 Å². The van der Waals surface area contributed by atoms with Crippen LogP contribution in [0.5, 0.6) is 5.75 Å². The first-order valence-electron chi connectivity index (χ1n) is 7.09. The Bertz CT molecular complexity index is 760. The van der Waals surface area contributed by atoms with Gasteiger partial charge in [0.1, 0.15) is 11.3 Å². The van der Waals surface area contributed by atoms with Crippen molar-refractivity contribution in [3.63, 3.8) is 0 Å². The average molecular weight is 281 g/mol. The summed E-state index contributed by atoms with van der Waals surface area (Å²) in [6.07, 6.45) is 1.05. The lowest BCUT2D eigenvalue weighted by Crippen LogP contribution is -2.04. The molecule has 0 aliphatic rings. The number of anilines is 1. The number of fused-ring (bicyclic) bond motifs is 1. The maximum Gasteiger partial charge on any atom is 0.201 e. The largest absolute Gasteiger partial charge is 0.494 e. The summed E-state index contributed by atoms with van der Waals surface area (Å²) in [7, 11) is 1.65. The van der Waals surface area contributed by atoms with Gasteiger partial charge < -0.3 is 15.0 Å². The molecular formula is C17H19N3O. The quantitative estimate of drug-likeness (QED) is 0.798. The molecule has 0 fully saturated rings. The van der Waals surface area contributed by atoms with Gasteiger partial charge in [0.15, 0.2) is 0 Å². The second-order valence-electron chi connectivity index (χ2n) is 5.05. The van der Waals surface area contributed by atoms with E-state index in [2.05, 4.69) is 36.2 Å². The number of benzene rings is 2. The van der Waals surface area contributed by atoms with Crippen molar-refractivity contribution in [1.29, 1.82) is 0 Å². The highest BCUT2D eigenvalue weighted by Gasteiger charge is 2.12. The lowest BCUT2D eigenvalue weighted by atomic mass is 10.1. The molecule has 2 N–H and O–H groups in total. The highest BCUT2D eigenvalue weighted by Crippen LogP contribution is 2.27. The number of nitrogens with zero attached hydrogens (tertiary/aromatic N) is 2. The van der Waals surface area contributed by atoms with Crippen LogP contribution in [0.3, 0.4) is 0 Å². The molecule has 21 heavy (non-hydrogen) atoms. The third kappa shape index (κ3) is 2.44. The smallest absolute Gasteiger partial charge is 0.201 e. The molecular weight excluding hydrogens is 262 g/mol. The Kier molecular flexibility index (Phi) is 3.52. The van der Waals surface area contributed by atoms with Crippen molar-refractivity contribution in [2.75, 3.05) is 12.8 Å². The maximum atomic E-state index is 6.08. The molecule has 108 valence electrons. The number of ether oxygens (including phenoxy) is 1. The second kappa shape index (κ2) is 5.48. The van der Waals surface area contributed by atoms with Crippen molar-refractivity contribution in [1.82, 2.24) is 9.55 Å². The van der Waals surface area contributed by atoms with E-state index < -0.39 is 0 Å². The van der Waals surface area contributed by atoms with Gasteiger partial charge in [-0.15, -0.1) is 0 Å². The minimum atomic E-state index is 0.508. The number of nitrogen functional groups attached to an aromatic ring is 1. The number of hydrogen-bond donors (Lipinski definition) is 1. The first-order valence-corrected chi connectivity index (χ1v) is 7.09. The Morgan fingerprint density at radius 2 is 1.81 bits per heavy atom. The topological polar surface area (TPSA) is 53.1 Å². The highest BCUT2D eigenvalue weighted by molar-refractivity contribution is 5.84. The van der Waals surface area contributed by atoms with E-state index in [1.165, 1.54) is 11.1 Å². The number of aryl methyl sites for hydroxylation is 1. The van der Waals surface area contributed by atoms with Crippen LogP contribution in [0, 0.1) is 0 Å². The van der Waals surface area contributed by atoms with Crippen LogP contribution in [0.1, 0.15) is 18.1 Å². The fraction of sp³-hybridized carbons (Fsp3) is 0.235. The van der Waals surface area contributed by atoms with Crippen molar-refractivity contribution in [2.45, 2.75) is 19.9 Å². The van der Waals surface area contributed by atoms with Crippen LogP contribution in [0.4, 0.5) is 5.95 Å². The van der Waals surface area contributed by atoms with Crippen LogP contribution < -0.4 is 10.5 Å². The van der Waals surface area contributed by atoms with Crippen molar-refractivity contribution in [2.24, 2.45) is 0 Å². The SMILES string of the molecule is CCc1ccc(Cn2c(N)nc3c(OC)cccc32)cc1. The molecule has 0 aliphatic heterocycles. The summed E-state index contributed by atoms with van der Waals surface area (Å²) >= 11 is 0. The zero-order valence-electron chi connectivity index (χ0n) is 12.3. The normalized spacial score (nSPS) is 11.0. The molecule has 4 nitrogen and oxygen atoms in total. The summed E-state index contributed by atoms with van der Waals surface area (Å²) in [5.74, 6) is 1.26. The summed E-state index contributed by atoms with van der Waals surface area (Å²) in [4.78, 5) is 4.43. The molecule has 0 spiro atoms. The van der Waals surface area contributed by atoms with Gasteiger partial charge in [0.25, 0.3) is 0 Å². The van der Waals surface area contributed by atoms with Crippen LogP contribution >= 0.6 is 0 Å². The van der Waals surface area contributed by atoms with Crippen molar-refractivity contribution < 1.29 is 4.74 Å². The van der Waals surface area contributed by atoms with Crippen molar-refractivity contribution >= 4 is 17.0 Å². The molecule has 0 atom stereocenters. The summed E-state index contributed by atoms with van der Waals surface area (Å²) in [5, 5.41) is 0. The zero-order chi connectivity index (χ0) is 14.8. The van der Waals surface area contributed by atoms with Crippen LogP contribution in [0.15, 0.2) is 42.5 Å². The molecule has 3 aromatic rings. The van der Waals surface area contributed by atoms with Gasteiger partial charge in [-0.05, 0) is 29.7 Å². The molecule has 0 bridgehead atoms. The molecule has 1 heterocycles. The molecule has 0 aliphatic carbocycles. The van der Waals surface area contributed by atoms with Crippen molar-refractivity contribution in [3.8, 4) is 5.75 Å². The van der Waals surface area contributed by atoms with Crippen LogP contribution in [-0.4, -0.2) is 16.7 Å². The number of methoxy groups -OCH3 is 1. The summed E-state index contributed by atoms with van der Waals surface area (Å²) in [6, 6.07) is 14.5. The van der Waals surface area contributed by atoms with Crippen LogP contribution in [0.2, 0.25) is 0 Å².